The molecule has 14 heteroatoms. The maximum Gasteiger partial charge on any atom is 0.255 e. The zero-order valence-electron chi connectivity index (χ0n) is 25.1. The Kier molecular flexibility index (Phi) is 8.12. The molecule has 1 fully saturated rings. The highest BCUT2D eigenvalue weighted by molar-refractivity contribution is 7.99. The smallest absolute Gasteiger partial charge is 0.255 e. The second-order valence-corrected chi connectivity index (χ2v) is 13.9. The number of ketones is 2. The van der Waals surface area contributed by atoms with Crippen molar-refractivity contribution in [3.63, 3.8) is 0 Å². The van der Waals surface area contributed by atoms with Crippen molar-refractivity contribution >= 4 is 40.8 Å². The number of Topliss-reactive ketones (excluding diaryl/α,β-unsaturated/α-hetero) is 2. The molecule has 0 saturated carbocycles. The summed E-state index contributed by atoms with van der Waals surface area (Å²) in [6.45, 7) is 6.91. The topological polar surface area (TPSA) is 214 Å². The Morgan fingerprint density at radius 2 is 1.84 bits per heavy atom. The summed E-state index contributed by atoms with van der Waals surface area (Å²) in [4.78, 5) is 56.3. The van der Waals surface area contributed by atoms with Gasteiger partial charge in [-0.2, -0.15) is 11.8 Å². The summed E-state index contributed by atoms with van der Waals surface area (Å²) in [7, 11) is 2.95. The van der Waals surface area contributed by atoms with Crippen LogP contribution in [0.2, 0.25) is 0 Å². The Morgan fingerprint density at radius 3 is 2.43 bits per heavy atom. The number of nitrogens with one attached hydrogen (secondary N) is 1. The van der Waals surface area contributed by atoms with E-state index in [1.165, 1.54) is 31.1 Å². The van der Waals surface area contributed by atoms with E-state index in [1.54, 1.807) is 13.8 Å². The average Bonchev–Trinajstić information content (AvgIpc) is 2.95. The number of aliphatic hydroxyl groups excluding tert-OH is 3. The molecule has 5 rings (SSSR count). The molecular formula is C30H38N4O9S. The number of nitrogens with two attached hydrogens (primary N) is 1. The van der Waals surface area contributed by atoms with Crippen LogP contribution >= 0.6 is 11.8 Å². The third kappa shape index (κ3) is 4.53. The fraction of sp³-hybridized carbons (Fsp3) is 0.533. The van der Waals surface area contributed by atoms with Gasteiger partial charge in [0.25, 0.3) is 5.91 Å². The fourth-order valence-corrected chi connectivity index (χ4v) is 8.36. The molecule has 3 aliphatic carbocycles. The molecule has 13 nitrogen and oxygen atoms in total. The highest BCUT2D eigenvalue weighted by atomic mass is 32.2. The first kappa shape index (κ1) is 32.0. The molecule has 1 saturated heterocycles. The standard InChI is InChI=1S/C30H38N4O9S/c1-11-10-34(8-9-44-11)13(3)29(42)32-15-7-6-14-12(2)16-18(23(36)17(14)22(15)35)26(39)30(43)20(24(16)37)21(33(4)5)25(38)19(27(30)40)28(31)41/h6-7,11-13,16,20-21,24,35,37-39,43H,8-10H2,1-5H3,(H2,31,41)(H,32,42)/t11?,12?,13?,16?,20?,21-,24?,30?/m0/s1. The van der Waals surface area contributed by atoms with Gasteiger partial charge in [-0.15, -0.1) is 0 Å². The summed E-state index contributed by atoms with van der Waals surface area (Å²) >= 11 is 1.82. The van der Waals surface area contributed by atoms with E-state index in [0.717, 1.165) is 5.75 Å². The van der Waals surface area contributed by atoms with Crippen molar-refractivity contribution in [2.45, 2.75) is 55.7 Å². The number of anilines is 1. The number of carbonyl (C=O) groups excluding carboxylic acids is 4. The lowest BCUT2D eigenvalue weighted by molar-refractivity contribution is -0.162. The first-order valence-electron chi connectivity index (χ1n) is 14.4. The largest absolute Gasteiger partial charge is 0.510 e. The molecule has 2 amide bonds. The second kappa shape index (κ2) is 11.2. The van der Waals surface area contributed by atoms with E-state index in [2.05, 4.69) is 12.2 Å². The normalized spacial score (nSPS) is 33.1. The molecule has 1 heterocycles. The zero-order chi connectivity index (χ0) is 32.6. The van der Waals surface area contributed by atoms with Gasteiger partial charge in [0.2, 0.25) is 11.7 Å². The maximum atomic E-state index is 14.0. The number of likely N-dealkylation sites (N-methyl/N-ethyl adjacent to an activating group) is 1. The van der Waals surface area contributed by atoms with Crippen molar-refractivity contribution in [1.29, 1.82) is 0 Å². The Labute approximate surface area is 258 Å². The number of hydrogen-bond donors (Lipinski definition) is 7. The van der Waals surface area contributed by atoms with Crippen molar-refractivity contribution in [3.05, 3.63) is 45.9 Å². The minimum absolute atomic E-state index is 0.0441. The number of aliphatic hydroxyl groups is 4. The van der Waals surface area contributed by atoms with Gasteiger partial charge in [-0.3, -0.25) is 29.0 Å². The van der Waals surface area contributed by atoms with Crippen LogP contribution in [0, 0.1) is 11.8 Å². The first-order valence-corrected chi connectivity index (χ1v) is 15.5. The number of thioether (sulfide) groups is 1. The quantitative estimate of drug-likeness (QED) is 0.174. The van der Waals surface area contributed by atoms with Gasteiger partial charge < -0.3 is 36.6 Å². The van der Waals surface area contributed by atoms with Crippen LogP contribution in [-0.4, -0.2) is 121 Å². The summed E-state index contributed by atoms with van der Waals surface area (Å²) in [5.74, 6) is -9.24. The van der Waals surface area contributed by atoms with E-state index in [0.29, 0.717) is 23.9 Å². The van der Waals surface area contributed by atoms with Gasteiger partial charge in [0.15, 0.2) is 17.1 Å². The van der Waals surface area contributed by atoms with E-state index >= 15 is 0 Å². The molecule has 0 spiro atoms. The molecular weight excluding hydrogens is 592 g/mol. The number of phenolic OH excluding ortho intramolecular Hbond substituents is 1. The van der Waals surface area contributed by atoms with Gasteiger partial charge in [-0.05, 0) is 38.6 Å². The second-order valence-electron chi connectivity index (χ2n) is 12.3. The molecule has 0 radical (unpaired) electrons. The van der Waals surface area contributed by atoms with E-state index < -0.39 is 93.3 Å². The Balaban J connectivity index is 1.59. The summed E-state index contributed by atoms with van der Waals surface area (Å²) in [5, 5.41) is 60.3. The third-order valence-electron chi connectivity index (χ3n) is 9.59. The number of aromatic hydroxyl groups is 1. The SMILES string of the molecule is CC1CN(C(C)C(=O)Nc2ccc3c(c2O)C(=O)C2=C(O)C4(O)C(=O)C(C(N)=O)=C(O)[C@@H](N(C)C)C4C(O)C2C3C)CCS1. The first-order chi connectivity index (χ1) is 20.5. The number of nitrogens with zero attached hydrogens (tertiary/aromatic N) is 2. The van der Waals surface area contributed by atoms with E-state index in [9.17, 15) is 44.7 Å². The van der Waals surface area contributed by atoms with Crippen LogP contribution in [0.5, 0.6) is 5.75 Å². The highest BCUT2D eigenvalue weighted by Crippen LogP contribution is 2.56. The van der Waals surface area contributed by atoms with Gasteiger partial charge in [0.1, 0.15) is 17.1 Å². The number of hydrogen-bond acceptors (Lipinski definition) is 12. The lowest BCUT2D eigenvalue weighted by Crippen LogP contribution is -2.68. The van der Waals surface area contributed by atoms with Gasteiger partial charge in [0, 0.05) is 35.6 Å². The van der Waals surface area contributed by atoms with Crippen LogP contribution in [0.3, 0.4) is 0 Å². The molecule has 238 valence electrons. The molecule has 1 aliphatic heterocycles. The minimum atomic E-state index is -3.00. The summed E-state index contributed by atoms with van der Waals surface area (Å²) < 4.78 is 0. The van der Waals surface area contributed by atoms with Crippen LogP contribution in [0.25, 0.3) is 0 Å². The monoisotopic (exact) mass is 630 g/mol. The van der Waals surface area contributed by atoms with Crippen LogP contribution in [0.1, 0.15) is 42.6 Å². The molecule has 7 unspecified atom stereocenters. The van der Waals surface area contributed by atoms with Crippen molar-refractivity contribution < 1.29 is 44.7 Å². The van der Waals surface area contributed by atoms with Gasteiger partial charge in [-0.25, -0.2) is 0 Å². The molecule has 4 aliphatic rings. The van der Waals surface area contributed by atoms with Crippen LogP contribution in [0.4, 0.5) is 5.69 Å². The summed E-state index contributed by atoms with van der Waals surface area (Å²) in [6.07, 6.45) is -1.68. The lowest BCUT2D eigenvalue weighted by atomic mass is 9.55. The van der Waals surface area contributed by atoms with Gasteiger partial charge >= 0.3 is 0 Å². The number of benzene rings is 1. The Morgan fingerprint density at radius 1 is 1.18 bits per heavy atom. The molecule has 0 bridgehead atoms. The number of amides is 2. The third-order valence-corrected chi connectivity index (χ3v) is 10.7. The van der Waals surface area contributed by atoms with Gasteiger partial charge in [0.05, 0.1) is 35.4 Å². The minimum Gasteiger partial charge on any atom is -0.510 e. The predicted octanol–water partition coefficient (Wildman–Crippen LogP) is 0.417. The highest BCUT2D eigenvalue weighted by Gasteiger charge is 2.67. The van der Waals surface area contributed by atoms with E-state index in [-0.39, 0.29) is 11.3 Å². The Hall–Kier alpha value is -3.43. The number of phenols is 1. The number of carbonyl (C=O) groups is 4. The number of rotatable bonds is 5. The predicted molar refractivity (Wildman–Crippen MR) is 161 cm³/mol. The number of primary amides is 1. The van der Waals surface area contributed by atoms with Crippen molar-refractivity contribution in [1.82, 2.24) is 9.80 Å². The van der Waals surface area contributed by atoms with Crippen molar-refractivity contribution in [2.24, 2.45) is 17.6 Å². The molecule has 1 aromatic rings. The molecule has 0 aromatic heterocycles. The lowest BCUT2D eigenvalue weighted by Gasteiger charge is -2.53. The van der Waals surface area contributed by atoms with Crippen LogP contribution < -0.4 is 11.1 Å². The zero-order valence-corrected chi connectivity index (χ0v) is 25.9. The fourth-order valence-electron chi connectivity index (χ4n) is 7.32. The summed E-state index contributed by atoms with van der Waals surface area (Å²) in [6, 6.07) is 1.14. The van der Waals surface area contributed by atoms with Crippen LogP contribution in [-0.2, 0) is 14.4 Å². The molecule has 1 aromatic carbocycles. The molecule has 8 atom stereocenters. The number of fused-ring (bicyclic) bond motifs is 3. The van der Waals surface area contributed by atoms with Gasteiger partial charge in [-0.1, -0.05) is 19.9 Å². The van der Waals surface area contributed by atoms with Crippen LogP contribution in [0.15, 0.2) is 34.8 Å². The van der Waals surface area contributed by atoms with E-state index in [4.69, 9.17) is 5.73 Å². The van der Waals surface area contributed by atoms with E-state index in [1.807, 2.05) is 16.7 Å². The summed E-state index contributed by atoms with van der Waals surface area (Å²) in [5.41, 5.74) is 0.897. The molecule has 44 heavy (non-hydrogen) atoms. The Bertz CT molecular complexity index is 1520. The molecule has 8 N–H and O–H groups in total. The van der Waals surface area contributed by atoms with Crippen molar-refractivity contribution in [2.75, 3.05) is 38.3 Å². The average molecular weight is 631 g/mol. The van der Waals surface area contributed by atoms with Crippen molar-refractivity contribution in [3.8, 4) is 5.75 Å². The maximum absolute atomic E-state index is 14.0.